The van der Waals surface area contributed by atoms with Crippen molar-refractivity contribution in [3.63, 3.8) is 0 Å². The van der Waals surface area contributed by atoms with Crippen molar-refractivity contribution in [1.82, 2.24) is 14.9 Å². The molecule has 8 nitrogen and oxygen atoms in total. The Bertz CT molecular complexity index is 1310. The van der Waals surface area contributed by atoms with Crippen LogP contribution in [0.1, 0.15) is 18.4 Å². The summed E-state index contributed by atoms with van der Waals surface area (Å²) in [5.41, 5.74) is 1.75. The molecular weight excluding hydrogens is 461 g/mol. The number of fused-ring (bicyclic) bond motifs is 1. The molecule has 36 heavy (non-hydrogen) atoms. The van der Waals surface area contributed by atoms with Crippen molar-refractivity contribution in [3.05, 3.63) is 60.2 Å². The number of nitrogens with zero attached hydrogens (tertiary/aromatic N) is 3. The van der Waals surface area contributed by atoms with Gasteiger partial charge in [0, 0.05) is 42.5 Å². The lowest BCUT2D eigenvalue weighted by Gasteiger charge is -2.25. The SMILES string of the molecule is C#Cc1ccc(F)c(Nc2ncnc3cc(OC4CCOCC4)c(NC(=O)/C=C/CN(C)C)cc23)c1. The molecule has 0 unspecified atom stereocenters. The van der Waals surface area contributed by atoms with E-state index in [1.165, 1.54) is 30.6 Å². The maximum absolute atomic E-state index is 14.5. The van der Waals surface area contributed by atoms with E-state index < -0.39 is 5.82 Å². The number of rotatable bonds is 8. The van der Waals surface area contributed by atoms with Gasteiger partial charge in [0.2, 0.25) is 5.91 Å². The molecule has 1 aromatic heterocycles. The quantitative estimate of drug-likeness (QED) is 0.364. The summed E-state index contributed by atoms with van der Waals surface area (Å²) in [6.45, 7) is 1.86. The lowest BCUT2D eigenvalue weighted by atomic mass is 10.1. The maximum atomic E-state index is 14.5. The first kappa shape index (κ1) is 25.1. The number of aromatic nitrogens is 2. The second-order valence-electron chi connectivity index (χ2n) is 8.64. The molecule has 1 saturated heterocycles. The van der Waals surface area contributed by atoms with Gasteiger partial charge in [-0.15, -0.1) is 6.42 Å². The van der Waals surface area contributed by atoms with Gasteiger partial charge in [0.1, 0.15) is 29.8 Å². The van der Waals surface area contributed by atoms with Crippen molar-refractivity contribution in [3.8, 4) is 18.1 Å². The molecule has 2 heterocycles. The van der Waals surface area contributed by atoms with E-state index in [0.717, 1.165) is 12.8 Å². The third kappa shape index (κ3) is 6.36. The van der Waals surface area contributed by atoms with Crippen LogP contribution in [0.5, 0.6) is 5.75 Å². The normalized spacial score (nSPS) is 14.2. The van der Waals surface area contributed by atoms with Crippen LogP contribution < -0.4 is 15.4 Å². The topological polar surface area (TPSA) is 88.6 Å². The van der Waals surface area contributed by atoms with Gasteiger partial charge in [-0.25, -0.2) is 14.4 Å². The summed E-state index contributed by atoms with van der Waals surface area (Å²) in [6, 6.07) is 7.84. The molecule has 2 aromatic carbocycles. The molecule has 0 spiro atoms. The number of carbonyl (C=O) groups excluding carboxylic acids is 1. The zero-order valence-corrected chi connectivity index (χ0v) is 20.3. The maximum Gasteiger partial charge on any atom is 0.248 e. The third-order valence-corrected chi connectivity index (χ3v) is 5.58. The Morgan fingerprint density at radius 3 is 2.81 bits per heavy atom. The highest BCUT2D eigenvalue weighted by Crippen LogP contribution is 2.35. The third-order valence-electron chi connectivity index (χ3n) is 5.58. The van der Waals surface area contributed by atoms with Crippen LogP contribution in [0.3, 0.4) is 0 Å². The van der Waals surface area contributed by atoms with Crippen LogP contribution in [-0.2, 0) is 9.53 Å². The Hall–Kier alpha value is -4.00. The molecule has 0 atom stereocenters. The van der Waals surface area contributed by atoms with E-state index in [9.17, 15) is 9.18 Å². The Labute approximate surface area is 209 Å². The number of benzene rings is 2. The van der Waals surface area contributed by atoms with Gasteiger partial charge in [-0.3, -0.25) is 4.79 Å². The monoisotopic (exact) mass is 489 g/mol. The fourth-order valence-electron chi connectivity index (χ4n) is 3.74. The molecule has 0 radical (unpaired) electrons. The predicted octanol–water partition coefficient (Wildman–Crippen LogP) is 4.11. The van der Waals surface area contributed by atoms with E-state index >= 15 is 0 Å². The van der Waals surface area contributed by atoms with Crippen molar-refractivity contribution < 1.29 is 18.7 Å². The van der Waals surface area contributed by atoms with Gasteiger partial charge < -0.3 is 25.0 Å². The van der Waals surface area contributed by atoms with E-state index in [1.54, 1.807) is 18.2 Å². The average Bonchev–Trinajstić information content (AvgIpc) is 2.86. The molecule has 0 saturated carbocycles. The van der Waals surface area contributed by atoms with Crippen LogP contribution in [0.2, 0.25) is 0 Å². The van der Waals surface area contributed by atoms with Gasteiger partial charge in [0.05, 0.1) is 30.1 Å². The molecule has 186 valence electrons. The van der Waals surface area contributed by atoms with E-state index in [2.05, 4.69) is 26.5 Å². The van der Waals surface area contributed by atoms with Crippen molar-refractivity contribution in [2.45, 2.75) is 18.9 Å². The zero-order valence-electron chi connectivity index (χ0n) is 20.3. The number of terminal acetylenes is 1. The Balaban J connectivity index is 1.70. The minimum atomic E-state index is -0.472. The summed E-state index contributed by atoms with van der Waals surface area (Å²) >= 11 is 0. The Morgan fingerprint density at radius 2 is 2.06 bits per heavy atom. The molecule has 1 amide bonds. The lowest BCUT2D eigenvalue weighted by molar-refractivity contribution is -0.111. The second kappa shape index (κ2) is 11.6. The van der Waals surface area contributed by atoms with E-state index in [1.807, 2.05) is 19.0 Å². The largest absolute Gasteiger partial charge is 0.488 e. The van der Waals surface area contributed by atoms with Gasteiger partial charge >= 0.3 is 0 Å². The zero-order chi connectivity index (χ0) is 25.5. The molecule has 3 aromatic rings. The highest BCUT2D eigenvalue weighted by Gasteiger charge is 2.19. The standard InChI is InChI=1S/C27H28FN5O3/c1-4-18-7-8-21(28)23(14-18)32-27-20-15-24(31-26(34)6-5-11-33(2)3)25(16-22(20)29-17-30-27)36-19-9-12-35-13-10-19/h1,5-8,14-17,19H,9-13H2,2-3H3,(H,31,34)(H,29,30,32)/b6-5+. The fourth-order valence-corrected chi connectivity index (χ4v) is 3.74. The predicted molar refractivity (Wildman–Crippen MR) is 138 cm³/mol. The number of ether oxygens (including phenoxy) is 2. The number of hydrogen-bond acceptors (Lipinski definition) is 7. The summed E-state index contributed by atoms with van der Waals surface area (Å²) in [6.07, 6.45) is 11.5. The summed E-state index contributed by atoms with van der Waals surface area (Å²) in [5.74, 6) is 2.58. The Kier molecular flexibility index (Phi) is 8.10. The van der Waals surface area contributed by atoms with Crippen molar-refractivity contribution in [2.75, 3.05) is 44.5 Å². The number of anilines is 3. The van der Waals surface area contributed by atoms with Crippen LogP contribution in [0.15, 0.2) is 48.8 Å². The summed E-state index contributed by atoms with van der Waals surface area (Å²) in [7, 11) is 3.84. The molecule has 0 aliphatic carbocycles. The minimum absolute atomic E-state index is 0.0452. The summed E-state index contributed by atoms with van der Waals surface area (Å²) in [5, 5.41) is 6.49. The number of hydrogen-bond donors (Lipinski definition) is 2. The summed E-state index contributed by atoms with van der Waals surface area (Å²) < 4.78 is 26.2. The molecule has 1 aliphatic rings. The highest BCUT2D eigenvalue weighted by atomic mass is 19.1. The summed E-state index contributed by atoms with van der Waals surface area (Å²) in [4.78, 5) is 23.3. The van der Waals surface area contributed by atoms with Gasteiger partial charge in [-0.2, -0.15) is 0 Å². The molecule has 2 N–H and O–H groups in total. The number of nitrogens with one attached hydrogen (secondary N) is 2. The van der Waals surface area contributed by atoms with Crippen LogP contribution in [0, 0.1) is 18.2 Å². The number of likely N-dealkylation sites (N-methyl/N-ethyl adjacent to an activating group) is 1. The number of carbonyl (C=O) groups is 1. The average molecular weight is 490 g/mol. The smallest absolute Gasteiger partial charge is 0.248 e. The van der Waals surface area contributed by atoms with Gasteiger partial charge in [-0.1, -0.05) is 12.0 Å². The van der Waals surface area contributed by atoms with Gasteiger partial charge in [0.15, 0.2) is 0 Å². The molecule has 0 bridgehead atoms. The van der Waals surface area contributed by atoms with Crippen LogP contribution in [-0.4, -0.2) is 60.7 Å². The van der Waals surface area contributed by atoms with Crippen LogP contribution in [0.25, 0.3) is 10.9 Å². The van der Waals surface area contributed by atoms with Crippen molar-refractivity contribution >= 4 is 34.0 Å². The molecule has 9 heteroatoms. The van der Waals surface area contributed by atoms with Crippen molar-refractivity contribution in [2.24, 2.45) is 0 Å². The first-order valence-electron chi connectivity index (χ1n) is 11.6. The van der Waals surface area contributed by atoms with Crippen molar-refractivity contribution in [1.29, 1.82) is 0 Å². The minimum Gasteiger partial charge on any atom is -0.488 e. The van der Waals surface area contributed by atoms with E-state index in [4.69, 9.17) is 15.9 Å². The molecular formula is C27H28FN5O3. The van der Waals surface area contributed by atoms with E-state index in [0.29, 0.717) is 53.5 Å². The van der Waals surface area contributed by atoms with Gasteiger partial charge in [0.25, 0.3) is 0 Å². The van der Waals surface area contributed by atoms with Crippen LogP contribution in [0.4, 0.5) is 21.6 Å². The fraction of sp³-hybridized carbons (Fsp3) is 0.296. The highest BCUT2D eigenvalue weighted by molar-refractivity contribution is 6.03. The second-order valence-corrected chi connectivity index (χ2v) is 8.64. The molecule has 4 rings (SSSR count). The first-order valence-corrected chi connectivity index (χ1v) is 11.6. The molecule has 1 aliphatic heterocycles. The van der Waals surface area contributed by atoms with E-state index in [-0.39, 0.29) is 17.7 Å². The number of amides is 1. The van der Waals surface area contributed by atoms with Gasteiger partial charge in [-0.05, 0) is 38.4 Å². The first-order chi connectivity index (χ1) is 17.4. The Morgan fingerprint density at radius 1 is 1.25 bits per heavy atom. The van der Waals surface area contributed by atoms with Crippen LogP contribution >= 0.6 is 0 Å². The number of halogens is 1. The molecule has 1 fully saturated rings. The lowest BCUT2D eigenvalue weighted by Crippen LogP contribution is -2.26.